The summed E-state index contributed by atoms with van der Waals surface area (Å²) in [6.07, 6.45) is 1.66. The van der Waals surface area contributed by atoms with Gasteiger partial charge < -0.3 is 19.9 Å². The molecule has 0 unspecified atom stereocenters. The van der Waals surface area contributed by atoms with Gasteiger partial charge in [-0.25, -0.2) is 14.4 Å². The molecule has 1 aromatic carbocycles. The molecule has 3 N–H and O–H groups in total. The highest BCUT2D eigenvalue weighted by atomic mass is 19.1. The van der Waals surface area contributed by atoms with Crippen molar-refractivity contribution in [1.29, 1.82) is 0 Å². The van der Waals surface area contributed by atoms with Crippen LogP contribution in [0.2, 0.25) is 0 Å². The zero-order valence-corrected chi connectivity index (χ0v) is 15.1. The number of anilines is 1. The van der Waals surface area contributed by atoms with Crippen molar-refractivity contribution >= 4 is 27.9 Å². The molecule has 4 heterocycles. The van der Waals surface area contributed by atoms with Crippen molar-refractivity contribution in [2.75, 3.05) is 5.73 Å². The summed E-state index contributed by atoms with van der Waals surface area (Å²) in [6, 6.07) is 11.4. The van der Waals surface area contributed by atoms with Crippen molar-refractivity contribution in [2.24, 2.45) is 0 Å². The Morgan fingerprint density at radius 2 is 1.93 bits per heavy atom. The van der Waals surface area contributed by atoms with Crippen LogP contribution in [-0.2, 0) is 13.2 Å². The van der Waals surface area contributed by atoms with Crippen LogP contribution >= 0.6 is 0 Å². The third-order valence-corrected chi connectivity index (χ3v) is 4.70. The number of aromatic nitrogens is 5. The first-order valence-corrected chi connectivity index (χ1v) is 8.86. The van der Waals surface area contributed by atoms with Gasteiger partial charge in [0.05, 0.1) is 12.1 Å². The molecule has 0 aliphatic carbocycles. The van der Waals surface area contributed by atoms with Gasteiger partial charge in [-0.2, -0.15) is 0 Å². The monoisotopic (exact) mass is 390 g/mol. The van der Waals surface area contributed by atoms with Gasteiger partial charge in [0.25, 0.3) is 0 Å². The van der Waals surface area contributed by atoms with Gasteiger partial charge in [0, 0.05) is 17.8 Å². The van der Waals surface area contributed by atoms with E-state index in [1.165, 1.54) is 12.1 Å². The summed E-state index contributed by atoms with van der Waals surface area (Å²) >= 11 is 0. The number of aliphatic hydroxyl groups is 1. The molecule has 29 heavy (non-hydrogen) atoms. The Bertz CT molecular complexity index is 1340. The number of aliphatic hydroxyl groups excluding tert-OH is 1. The lowest BCUT2D eigenvalue weighted by Gasteiger charge is -2.07. The minimum absolute atomic E-state index is 0.260. The first-order valence-electron chi connectivity index (χ1n) is 8.86. The van der Waals surface area contributed by atoms with Gasteiger partial charge in [-0.05, 0) is 36.4 Å². The third kappa shape index (κ3) is 2.88. The summed E-state index contributed by atoms with van der Waals surface area (Å²) in [7, 11) is 0. The Balaban J connectivity index is 1.63. The second-order valence-electron chi connectivity index (χ2n) is 6.52. The van der Waals surface area contributed by atoms with Crippen LogP contribution in [0.4, 0.5) is 10.2 Å². The maximum absolute atomic E-state index is 13.2. The van der Waals surface area contributed by atoms with Crippen LogP contribution in [-0.4, -0.2) is 29.8 Å². The highest BCUT2D eigenvalue weighted by molar-refractivity contribution is 6.04. The predicted octanol–water partition coefficient (Wildman–Crippen LogP) is 2.90. The smallest absolute Gasteiger partial charge is 0.157 e. The first kappa shape index (κ1) is 17.3. The minimum Gasteiger partial charge on any atom is -0.388 e. The fourth-order valence-electron chi connectivity index (χ4n) is 3.36. The molecule has 0 bridgehead atoms. The van der Waals surface area contributed by atoms with Crippen molar-refractivity contribution in [3.05, 3.63) is 66.1 Å². The van der Waals surface area contributed by atoms with Gasteiger partial charge >= 0.3 is 0 Å². The molecule has 9 heteroatoms. The highest BCUT2D eigenvalue weighted by Gasteiger charge is 2.19. The fraction of sp³-hybridized carbons (Fsp3) is 0.100. The van der Waals surface area contributed by atoms with Crippen LogP contribution in [0.25, 0.3) is 33.3 Å². The summed E-state index contributed by atoms with van der Waals surface area (Å²) in [4.78, 5) is 13.2. The number of nitrogens with zero attached hydrogens (tertiary/aromatic N) is 5. The van der Waals surface area contributed by atoms with E-state index in [-0.39, 0.29) is 24.8 Å². The summed E-state index contributed by atoms with van der Waals surface area (Å²) in [5.41, 5.74) is 9.79. The average molecular weight is 390 g/mol. The first-order chi connectivity index (χ1) is 14.1. The molecule has 0 radical (unpaired) electrons. The average Bonchev–Trinajstić information content (AvgIpc) is 3.34. The number of hydrogen-bond acceptors (Lipinski definition) is 7. The largest absolute Gasteiger partial charge is 0.388 e. The molecule has 0 saturated carbocycles. The maximum atomic E-state index is 13.2. The van der Waals surface area contributed by atoms with E-state index in [1.807, 2.05) is 6.07 Å². The second-order valence-corrected chi connectivity index (χ2v) is 6.52. The molecule has 0 fully saturated rings. The zero-order valence-electron chi connectivity index (χ0n) is 15.1. The van der Waals surface area contributed by atoms with Crippen LogP contribution in [0.3, 0.4) is 0 Å². The topological polar surface area (TPSA) is 116 Å². The van der Waals surface area contributed by atoms with Crippen LogP contribution in [0, 0.1) is 5.82 Å². The molecule has 144 valence electrons. The number of halogens is 1. The summed E-state index contributed by atoms with van der Waals surface area (Å²) in [5.74, 6) is 0.892. The van der Waals surface area contributed by atoms with E-state index in [4.69, 9.17) is 10.3 Å². The Hall–Kier alpha value is -3.85. The van der Waals surface area contributed by atoms with E-state index >= 15 is 0 Å². The van der Waals surface area contributed by atoms with Gasteiger partial charge in [0.2, 0.25) is 0 Å². The molecule has 5 rings (SSSR count). The normalized spacial score (nSPS) is 11.5. The minimum atomic E-state index is -0.319. The van der Waals surface area contributed by atoms with Gasteiger partial charge in [-0.15, -0.1) is 0 Å². The van der Waals surface area contributed by atoms with Gasteiger partial charge in [0.15, 0.2) is 11.6 Å². The lowest BCUT2D eigenvalue weighted by molar-refractivity contribution is 0.265. The molecule has 0 aliphatic heterocycles. The Morgan fingerprint density at radius 1 is 1.10 bits per heavy atom. The molecular weight excluding hydrogens is 375 g/mol. The summed E-state index contributed by atoms with van der Waals surface area (Å²) in [6.45, 7) is -0.0306. The number of nitrogen functional groups attached to an aromatic ring is 1. The predicted molar refractivity (Wildman–Crippen MR) is 104 cm³/mol. The number of nitrogens with two attached hydrogens (primary N) is 1. The van der Waals surface area contributed by atoms with E-state index in [1.54, 1.807) is 35.0 Å². The molecule has 0 spiro atoms. The van der Waals surface area contributed by atoms with Crippen molar-refractivity contribution in [3.63, 3.8) is 0 Å². The van der Waals surface area contributed by atoms with Gasteiger partial charge in [-0.3, -0.25) is 4.98 Å². The molecule has 8 nitrogen and oxygen atoms in total. The van der Waals surface area contributed by atoms with E-state index in [2.05, 4.69) is 20.1 Å². The van der Waals surface area contributed by atoms with E-state index in [0.29, 0.717) is 39.3 Å². The van der Waals surface area contributed by atoms with E-state index in [9.17, 15) is 9.50 Å². The third-order valence-electron chi connectivity index (χ3n) is 4.70. The number of benzene rings is 1. The molecular formula is C20H15FN6O2. The zero-order chi connectivity index (χ0) is 20.0. The van der Waals surface area contributed by atoms with Gasteiger partial charge in [-0.1, -0.05) is 5.16 Å². The highest BCUT2D eigenvalue weighted by Crippen LogP contribution is 2.29. The van der Waals surface area contributed by atoms with Crippen LogP contribution in [0.5, 0.6) is 0 Å². The van der Waals surface area contributed by atoms with Crippen LogP contribution in [0.1, 0.15) is 11.6 Å². The standard InChI is InChI=1S/C20H15FN6O2/c21-12-5-3-11(4-6-12)15-8-13(29-26-15)9-27-16(10-28)25-18-19(27)17-14(24-20(18)22)2-1-7-23-17/h1-8,28H,9-10H2,(H2,22,24). The van der Waals surface area contributed by atoms with Crippen molar-refractivity contribution < 1.29 is 14.0 Å². The SMILES string of the molecule is Nc1nc2cccnc2c2c1nc(CO)n2Cc1cc(-c2ccc(F)cc2)no1. The maximum Gasteiger partial charge on any atom is 0.157 e. The number of rotatable bonds is 4. The number of pyridine rings is 2. The Morgan fingerprint density at radius 3 is 2.72 bits per heavy atom. The second kappa shape index (κ2) is 6.64. The number of imidazole rings is 1. The van der Waals surface area contributed by atoms with Gasteiger partial charge in [0.1, 0.15) is 40.5 Å². The molecule has 0 amide bonds. The molecule has 0 aliphatic rings. The van der Waals surface area contributed by atoms with Crippen LogP contribution < -0.4 is 5.73 Å². The molecule has 0 saturated heterocycles. The quantitative estimate of drug-likeness (QED) is 0.485. The number of fused-ring (bicyclic) bond motifs is 3. The fourth-order valence-corrected chi connectivity index (χ4v) is 3.36. The molecule has 0 atom stereocenters. The van der Waals surface area contributed by atoms with Crippen molar-refractivity contribution in [2.45, 2.75) is 13.2 Å². The lowest BCUT2D eigenvalue weighted by atomic mass is 10.1. The Kier molecular flexibility index (Phi) is 3.95. The summed E-state index contributed by atoms with van der Waals surface area (Å²) in [5, 5.41) is 13.9. The Labute approximate surface area is 163 Å². The lowest BCUT2D eigenvalue weighted by Crippen LogP contribution is -2.05. The van der Waals surface area contributed by atoms with Crippen LogP contribution in [0.15, 0.2) is 53.2 Å². The van der Waals surface area contributed by atoms with E-state index in [0.717, 1.165) is 5.56 Å². The molecule has 5 aromatic rings. The molecule has 4 aromatic heterocycles. The van der Waals surface area contributed by atoms with Crippen molar-refractivity contribution in [1.82, 2.24) is 24.7 Å². The van der Waals surface area contributed by atoms with Crippen molar-refractivity contribution in [3.8, 4) is 11.3 Å². The summed E-state index contributed by atoms with van der Waals surface area (Å²) < 4.78 is 20.4. The number of hydrogen-bond donors (Lipinski definition) is 2. The van der Waals surface area contributed by atoms with E-state index < -0.39 is 0 Å².